The van der Waals surface area contributed by atoms with E-state index in [-0.39, 0.29) is 0 Å². The van der Waals surface area contributed by atoms with Gasteiger partial charge in [-0.3, -0.25) is 4.79 Å². The van der Waals surface area contributed by atoms with E-state index in [1.54, 1.807) is 48.5 Å². The number of nitrogens with one attached hydrogen (secondary N) is 1. The number of ether oxygens (including phenoxy) is 1. The fourth-order valence-corrected chi connectivity index (χ4v) is 4.37. The lowest BCUT2D eigenvalue weighted by Gasteiger charge is -2.27. The maximum Gasteiger partial charge on any atom is 0.281 e. The number of halogens is 2. The number of hydrogen-bond donors (Lipinski definition) is 2. The van der Waals surface area contributed by atoms with Crippen LogP contribution in [0.25, 0.3) is 0 Å². The molecule has 1 amide bonds. The predicted molar refractivity (Wildman–Crippen MR) is 125 cm³/mol. The Labute approximate surface area is 192 Å². The second kappa shape index (κ2) is 10.0. The van der Waals surface area contributed by atoms with Gasteiger partial charge in [0.05, 0.1) is 17.3 Å². The van der Waals surface area contributed by atoms with Crippen LogP contribution in [-0.4, -0.2) is 23.8 Å². The number of aliphatic hydroxyl groups is 1. The lowest BCUT2D eigenvalue weighted by Crippen LogP contribution is -2.43. The molecule has 0 fully saturated rings. The zero-order valence-corrected chi connectivity index (χ0v) is 19.4. The number of carbonyl (C=O) groups is 1. The Kier molecular flexibility index (Phi) is 7.42. The molecule has 0 aromatic heterocycles. The first-order valence-electron chi connectivity index (χ1n) is 9.25. The molecule has 0 radical (unpaired) electrons. The molecule has 2 N–H and O–H groups in total. The number of hydrogen-bond acceptors (Lipinski definition) is 4. The summed E-state index contributed by atoms with van der Waals surface area (Å²) in [5.74, 6) is -0.0525. The van der Waals surface area contributed by atoms with Gasteiger partial charge in [-0.05, 0) is 46.1 Å². The molecule has 30 heavy (non-hydrogen) atoms. The van der Waals surface area contributed by atoms with E-state index in [9.17, 15) is 9.90 Å². The first-order valence-corrected chi connectivity index (χ1v) is 10.8. The van der Waals surface area contributed by atoms with Gasteiger partial charge in [-0.1, -0.05) is 76.6 Å². The molecule has 0 aliphatic carbocycles. The monoisotopic (exact) mass is 530 g/mol. The highest BCUT2D eigenvalue weighted by molar-refractivity contribution is 9.11. The summed E-state index contributed by atoms with van der Waals surface area (Å²) >= 11 is 6.91. The Balaban J connectivity index is 1.92. The minimum absolute atomic E-state index is 0.448. The van der Waals surface area contributed by atoms with Crippen molar-refractivity contribution >= 4 is 44.0 Å². The third kappa shape index (κ3) is 4.80. The average molecular weight is 532 g/mol. The fourth-order valence-electron chi connectivity index (χ4n) is 3.00. The lowest BCUT2D eigenvalue weighted by molar-refractivity contribution is -0.136. The summed E-state index contributed by atoms with van der Waals surface area (Å²) in [7, 11) is 0. The van der Waals surface area contributed by atoms with Crippen LogP contribution < -0.4 is 10.2 Å². The van der Waals surface area contributed by atoms with Gasteiger partial charge in [0.25, 0.3) is 5.91 Å². The topological polar surface area (TPSA) is 70.9 Å². The normalized spacial score (nSPS) is 11.5. The molecule has 0 spiro atoms. The molecule has 7 heteroatoms. The van der Waals surface area contributed by atoms with Gasteiger partial charge in [-0.2, -0.15) is 5.10 Å². The van der Waals surface area contributed by atoms with Crippen LogP contribution in [0.15, 0.2) is 86.8 Å². The fraction of sp³-hybridized carbons (Fsp3) is 0.130. The van der Waals surface area contributed by atoms with E-state index in [1.807, 2.05) is 31.2 Å². The zero-order chi connectivity index (χ0) is 21.6. The van der Waals surface area contributed by atoms with Crippen LogP contribution in [0.4, 0.5) is 0 Å². The van der Waals surface area contributed by atoms with E-state index in [1.165, 1.54) is 6.21 Å². The van der Waals surface area contributed by atoms with E-state index < -0.39 is 11.5 Å². The molecule has 0 unspecified atom stereocenters. The quantitative estimate of drug-likeness (QED) is 0.333. The van der Waals surface area contributed by atoms with E-state index in [0.717, 1.165) is 8.95 Å². The third-order valence-electron chi connectivity index (χ3n) is 4.41. The number of amides is 1. The summed E-state index contributed by atoms with van der Waals surface area (Å²) in [5.41, 5.74) is 2.15. The molecule has 0 aliphatic heterocycles. The van der Waals surface area contributed by atoms with Gasteiger partial charge in [0.1, 0.15) is 5.75 Å². The Hall–Kier alpha value is -2.48. The maximum absolute atomic E-state index is 13.1. The van der Waals surface area contributed by atoms with E-state index >= 15 is 0 Å². The van der Waals surface area contributed by atoms with Gasteiger partial charge >= 0.3 is 0 Å². The summed E-state index contributed by atoms with van der Waals surface area (Å²) < 4.78 is 7.26. The number of benzene rings is 3. The molecule has 5 nitrogen and oxygen atoms in total. The number of hydrazone groups is 1. The molecule has 0 heterocycles. The Morgan fingerprint density at radius 3 is 2.17 bits per heavy atom. The van der Waals surface area contributed by atoms with E-state index in [0.29, 0.717) is 29.0 Å². The van der Waals surface area contributed by atoms with Gasteiger partial charge < -0.3 is 9.84 Å². The Morgan fingerprint density at radius 2 is 1.63 bits per heavy atom. The molecule has 0 saturated heterocycles. The molecule has 0 saturated carbocycles. The molecule has 0 bridgehead atoms. The van der Waals surface area contributed by atoms with Crippen molar-refractivity contribution in [1.82, 2.24) is 5.43 Å². The standard InChI is InChI=1S/C23H20Br2N2O3/c1-2-30-21-16(13-19(24)14-20(21)25)15-26-27-22(28)23(29,17-9-5-3-6-10-17)18-11-7-4-8-12-18/h3-15,29H,2H2,1H3,(H,27,28)/b26-15-. The first-order chi connectivity index (χ1) is 14.5. The van der Waals surface area contributed by atoms with Gasteiger partial charge in [-0.15, -0.1) is 0 Å². The van der Waals surface area contributed by atoms with Crippen molar-refractivity contribution in [2.75, 3.05) is 6.61 Å². The number of nitrogens with zero attached hydrogens (tertiary/aromatic N) is 1. The third-order valence-corrected chi connectivity index (χ3v) is 5.45. The molecule has 3 aromatic carbocycles. The summed E-state index contributed by atoms with van der Waals surface area (Å²) in [5, 5.41) is 15.5. The highest BCUT2D eigenvalue weighted by Crippen LogP contribution is 2.32. The smallest absolute Gasteiger partial charge is 0.281 e. The molecule has 154 valence electrons. The van der Waals surface area contributed by atoms with Crippen LogP contribution >= 0.6 is 31.9 Å². The molecule has 0 aliphatic rings. The van der Waals surface area contributed by atoms with Crippen LogP contribution in [0.1, 0.15) is 23.6 Å². The van der Waals surface area contributed by atoms with E-state index in [4.69, 9.17) is 4.74 Å². The molecular formula is C23H20Br2N2O3. The second-order valence-electron chi connectivity index (χ2n) is 6.38. The van der Waals surface area contributed by atoms with Crippen LogP contribution in [0.5, 0.6) is 5.75 Å². The summed E-state index contributed by atoms with van der Waals surface area (Å²) in [6.07, 6.45) is 1.48. The summed E-state index contributed by atoms with van der Waals surface area (Å²) in [6.45, 7) is 2.37. The highest BCUT2D eigenvalue weighted by atomic mass is 79.9. The largest absolute Gasteiger partial charge is 0.492 e. The molecular weight excluding hydrogens is 512 g/mol. The van der Waals surface area contributed by atoms with Crippen molar-refractivity contribution < 1.29 is 14.6 Å². The van der Waals surface area contributed by atoms with Crippen molar-refractivity contribution in [2.24, 2.45) is 5.10 Å². The molecule has 3 aromatic rings. The van der Waals surface area contributed by atoms with Crippen LogP contribution in [-0.2, 0) is 10.4 Å². The van der Waals surface area contributed by atoms with E-state index in [2.05, 4.69) is 42.4 Å². The number of carbonyl (C=O) groups excluding carboxylic acids is 1. The van der Waals surface area contributed by atoms with Gasteiger partial charge in [0.2, 0.25) is 0 Å². The second-order valence-corrected chi connectivity index (χ2v) is 8.15. The van der Waals surface area contributed by atoms with Crippen molar-refractivity contribution in [3.05, 3.63) is 98.4 Å². The van der Waals surface area contributed by atoms with Gasteiger partial charge in [0, 0.05) is 10.0 Å². The zero-order valence-electron chi connectivity index (χ0n) is 16.2. The number of rotatable bonds is 7. The van der Waals surface area contributed by atoms with Crippen molar-refractivity contribution in [3.63, 3.8) is 0 Å². The minimum atomic E-state index is -1.89. The summed E-state index contributed by atoms with van der Waals surface area (Å²) in [6, 6.07) is 21.2. The first kappa shape index (κ1) is 22.2. The predicted octanol–water partition coefficient (Wildman–Crippen LogP) is 5.00. The van der Waals surface area contributed by atoms with Crippen LogP contribution in [0.2, 0.25) is 0 Å². The maximum atomic E-state index is 13.1. The summed E-state index contributed by atoms with van der Waals surface area (Å²) in [4.78, 5) is 13.1. The Morgan fingerprint density at radius 1 is 1.07 bits per heavy atom. The van der Waals surface area contributed by atoms with Crippen LogP contribution in [0.3, 0.4) is 0 Å². The average Bonchev–Trinajstić information content (AvgIpc) is 2.76. The van der Waals surface area contributed by atoms with Crippen molar-refractivity contribution in [3.8, 4) is 5.75 Å². The highest BCUT2D eigenvalue weighted by Gasteiger charge is 2.39. The van der Waals surface area contributed by atoms with Crippen molar-refractivity contribution in [1.29, 1.82) is 0 Å². The lowest BCUT2D eigenvalue weighted by atomic mass is 9.85. The molecule has 0 atom stereocenters. The van der Waals surface area contributed by atoms with Gasteiger partial charge in [0.15, 0.2) is 5.60 Å². The van der Waals surface area contributed by atoms with Crippen molar-refractivity contribution in [2.45, 2.75) is 12.5 Å². The van der Waals surface area contributed by atoms with Gasteiger partial charge in [-0.25, -0.2) is 5.43 Å². The SMILES string of the molecule is CCOc1c(Br)cc(Br)cc1/C=N\NC(=O)C(O)(c1ccccc1)c1ccccc1. The minimum Gasteiger partial charge on any atom is -0.492 e. The Bertz CT molecular complexity index is 1000. The molecule has 3 rings (SSSR count). The van der Waals surface area contributed by atoms with Crippen LogP contribution in [0, 0.1) is 0 Å².